The smallest absolute Gasteiger partial charge is 0.247 e. The largest absolute Gasteiger partial charge is 0.329 e. The highest BCUT2D eigenvalue weighted by atomic mass is 32.1. The lowest BCUT2D eigenvalue weighted by Crippen LogP contribution is -2.13. The Morgan fingerprint density at radius 3 is 2.40 bits per heavy atom. The molecule has 15 heavy (non-hydrogen) atoms. The van der Waals surface area contributed by atoms with Gasteiger partial charge in [-0.1, -0.05) is 12.2 Å². The van der Waals surface area contributed by atoms with Gasteiger partial charge in [0.05, 0.1) is 0 Å². The number of nitriles is 2. The normalized spacial score (nSPS) is 8.53. The highest BCUT2D eigenvalue weighted by molar-refractivity contribution is 7.80. The number of carbonyl (C=O) groups excluding carboxylic acids is 1. The van der Waals surface area contributed by atoms with Gasteiger partial charge in [0.25, 0.3) is 0 Å². The van der Waals surface area contributed by atoms with Crippen LogP contribution in [0.4, 0.5) is 0 Å². The van der Waals surface area contributed by atoms with E-state index in [-0.39, 0.29) is 5.91 Å². The molecule has 0 heterocycles. The summed E-state index contributed by atoms with van der Waals surface area (Å²) in [6.45, 7) is 1.79. The fourth-order valence-electron chi connectivity index (χ4n) is 0.418. The van der Waals surface area contributed by atoms with Gasteiger partial charge in [-0.2, -0.15) is 23.2 Å². The number of allylic oxidation sites excluding steroid dienone is 1. The van der Waals surface area contributed by atoms with Crippen molar-refractivity contribution in [2.75, 3.05) is 5.75 Å². The Hall–Kier alpha value is -1.92. The molecule has 0 bridgehead atoms. The minimum atomic E-state index is -0.111. The van der Waals surface area contributed by atoms with Crippen molar-refractivity contribution in [1.82, 2.24) is 10.6 Å². The van der Waals surface area contributed by atoms with E-state index in [9.17, 15) is 4.79 Å². The van der Waals surface area contributed by atoms with E-state index in [1.54, 1.807) is 30.6 Å². The van der Waals surface area contributed by atoms with Crippen LogP contribution < -0.4 is 10.6 Å². The number of rotatable bonds is 3. The molecule has 0 fully saturated rings. The van der Waals surface area contributed by atoms with Gasteiger partial charge in [0.1, 0.15) is 0 Å². The van der Waals surface area contributed by atoms with Gasteiger partial charge < -0.3 is 5.32 Å². The second-order valence-corrected chi connectivity index (χ2v) is 2.31. The molecule has 5 nitrogen and oxygen atoms in total. The lowest BCUT2D eigenvalue weighted by atomic mass is 10.5. The molecular weight excluding hydrogens is 212 g/mol. The van der Waals surface area contributed by atoms with E-state index in [2.05, 4.69) is 17.9 Å². The summed E-state index contributed by atoms with van der Waals surface area (Å²) >= 11 is 3.92. The number of nitrogens with zero attached hydrogens (tertiary/aromatic N) is 2. The summed E-state index contributed by atoms with van der Waals surface area (Å²) in [5, 5.41) is 19.2. The summed E-state index contributed by atoms with van der Waals surface area (Å²) in [5.74, 6) is 0.524. The fraction of sp³-hybridized carbons (Fsp3) is 0.222. The zero-order chi connectivity index (χ0) is 11.9. The summed E-state index contributed by atoms with van der Waals surface area (Å²) in [6, 6.07) is 0. The van der Waals surface area contributed by atoms with Crippen LogP contribution in [0.5, 0.6) is 0 Å². The fourth-order valence-corrected chi connectivity index (χ4v) is 0.524. The summed E-state index contributed by atoms with van der Waals surface area (Å²) < 4.78 is 0. The number of hydrogen-bond acceptors (Lipinski definition) is 5. The van der Waals surface area contributed by atoms with E-state index in [0.29, 0.717) is 5.75 Å². The minimum absolute atomic E-state index is 0.111. The van der Waals surface area contributed by atoms with Crippen molar-refractivity contribution >= 4 is 18.5 Å². The number of amides is 1. The summed E-state index contributed by atoms with van der Waals surface area (Å²) in [4.78, 5) is 10.6. The molecule has 6 heteroatoms. The van der Waals surface area contributed by atoms with Crippen LogP contribution in [0.1, 0.15) is 6.92 Å². The Labute approximate surface area is 94.5 Å². The standard InChI is InChI=1S/C7H11NOS.C2HN3/c1-2-4-7(9)8-5-3-6-10;3-1-5-2-4/h2-5,10H,6H2,1H3,(H,8,9);5H. The second kappa shape index (κ2) is 14.6. The van der Waals surface area contributed by atoms with Crippen LogP contribution in [-0.2, 0) is 4.79 Å². The van der Waals surface area contributed by atoms with E-state index in [4.69, 9.17) is 10.5 Å². The molecule has 0 spiro atoms. The molecule has 0 atom stereocenters. The van der Waals surface area contributed by atoms with Crippen molar-refractivity contribution in [1.29, 1.82) is 10.5 Å². The van der Waals surface area contributed by atoms with E-state index in [1.807, 2.05) is 0 Å². The first kappa shape index (κ1) is 15.5. The summed E-state index contributed by atoms with van der Waals surface area (Å²) in [5.41, 5.74) is 0. The number of carbonyl (C=O) groups is 1. The molecule has 0 aliphatic carbocycles. The Bertz CT molecular complexity index is 286. The molecule has 0 rings (SSSR count). The van der Waals surface area contributed by atoms with Crippen molar-refractivity contribution < 1.29 is 4.79 Å². The van der Waals surface area contributed by atoms with Crippen LogP contribution >= 0.6 is 12.6 Å². The van der Waals surface area contributed by atoms with E-state index in [1.165, 1.54) is 18.5 Å². The van der Waals surface area contributed by atoms with Crippen molar-refractivity contribution in [3.05, 3.63) is 24.4 Å². The van der Waals surface area contributed by atoms with E-state index < -0.39 is 0 Å². The third-order valence-corrected chi connectivity index (χ3v) is 1.09. The molecular formula is C9H12N4OS. The topological polar surface area (TPSA) is 88.7 Å². The monoisotopic (exact) mass is 224 g/mol. The maximum Gasteiger partial charge on any atom is 0.247 e. The summed E-state index contributed by atoms with van der Waals surface area (Å²) in [7, 11) is 0. The molecule has 0 unspecified atom stereocenters. The number of thiol groups is 1. The first-order valence-corrected chi connectivity index (χ1v) is 4.58. The molecule has 0 aromatic rings. The van der Waals surface area contributed by atoms with Gasteiger partial charge in [0, 0.05) is 12.0 Å². The SMILES string of the molecule is CC=CC(=O)NC=CCS.N#CNC#N. The average Bonchev–Trinajstić information content (AvgIpc) is 2.21. The van der Waals surface area contributed by atoms with Gasteiger partial charge in [0.15, 0.2) is 12.4 Å². The Kier molecular flexibility index (Phi) is 15.1. The van der Waals surface area contributed by atoms with Crippen LogP contribution in [0.15, 0.2) is 24.4 Å². The van der Waals surface area contributed by atoms with Crippen molar-refractivity contribution in [3.8, 4) is 12.4 Å². The van der Waals surface area contributed by atoms with Crippen LogP contribution in [0.2, 0.25) is 0 Å². The van der Waals surface area contributed by atoms with Crippen molar-refractivity contribution in [2.24, 2.45) is 0 Å². The number of nitrogens with one attached hydrogen (secondary N) is 2. The van der Waals surface area contributed by atoms with Gasteiger partial charge >= 0.3 is 0 Å². The third-order valence-electron chi connectivity index (χ3n) is 0.879. The Morgan fingerprint density at radius 1 is 1.47 bits per heavy atom. The van der Waals surface area contributed by atoms with E-state index in [0.717, 1.165) is 0 Å². The molecule has 0 aliphatic rings. The van der Waals surface area contributed by atoms with Crippen LogP contribution in [0, 0.1) is 22.9 Å². The van der Waals surface area contributed by atoms with Crippen LogP contribution in [-0.4, -0.2) is 11.7 Å². The zero-order valence-corrected chi connectivity index (χ0v) is 9.16. The molecule has 2 N–H and O–H groups in total. The van der Waals surface area contributed by atoms with Gasteiger partial charge in [-0.15, -0.1) is 0 Å². The first-order chi connectivity index (χ1) is 7.22. The third kappa shape index (κ3) is 18.8. The maximum absolute atomic E-state index is 10.6. The highest BCUT2D eigenvalue weighted by Crippen LogP contribution is 1.75. The minimum Gasteiger partial charge on any atom is -0.329 e. The van der Waals surface area contributed by atoms with Gasteiger partial charge in [0.2, 0.25) is 5.91 Å². The molecule has 0 saturated carbocycles. The Morgan fingerprint density at radius 2 is 2.07 bits per heavy atom. The van der Waals surface area contributed by atoms with Gasteiger partial charge in [-0.25, -0.2) is 5.32 Å². The van der Waals surface area contributed by atoms with Crippen molar-refractivity contribution in [2.45, 2.75) is 6.92 Å². The first-order valence-electron chi connectivity index (χ1n) is 3.95. The van der Waals surface area contributed by atoms with Gasteiger partial charge in [-0.05, 0) is 13.0 Å². The quantitative estimate of drug-likeness (QED) is 0.284. The summed E-state index contributed by atoms with van der Waals surface area (Å²) in [6.07, 6.45) is 9.29. The lowest BCUT2D eigenvalue weighted by Gasteiger charge is -1.89. The second-order valence-electron chi connectivity index (χ2n) is 1.94. The highest BCUT2D eigenvalue weighted by Gasteiger charge is 1.85. The maximum atomic E-state index is 10.6. The number of hydrogen-bond donors (Lipinski definition) is 3. The predicted molar refractivity (Wildman–Crippen MR) is 60.3 cm³/mol. The predicted octanol–water partition coefficient (Wildman–Crippen LogP) is 0.660. The molecule has 0 aromatic heterocycles. The molecule has 0 aromatic carbocycles. The van der Waals surface area contributed by atoms with E-state index >= 15 is 0 Å². The average molecular weight is 224 g/mol. The van der Waals surface area contributed by atoms with Crippen LogP contribution in [0.25, 0.3) is 0 Å². The lowest BCUT2D eigenvalue weighted by molar-refractivity contribution is -0.115. The zero-order valence-electron chi connectivity index (χ0n) is 8.27. The molecule has 0 saturated heterocycles. The molecule has 1 amide bonds. The molecule has 80 valence electrons. The Balaban J connectivity index is 0. The molecule has 0 aliphatic heterocycles. The van der Waals surface area contributed by atoms with Gasteiger partial charge in [-0.3, -0.25) is 4.79 Å². The van der Waals surface area contributed by atoms with Crippen LogP contribution in [0.3, 0.4) is 0 Å². The van der Waals surface area contributed by atoms with Crippen molar-refractivity contribution in [3.63, 3.8) is 0 Å². The molecule has 0 radical (unpaired) electrons.